The van der Waals surface area contributed by atoms with Gasteiger partial charge in [-0.15, -0.1) is 46.4 Å². The summed E-state index contributed by atoms with van der Waals surface area (Å²) in [6.07, 6.45) is 0. The summed E-state index contributed by atoms with van der Waals surface area (Å²) in [5, 5.41) is 31.0. The van der Waals surface area contributed by atoms with E-state index >= 15 is 0 Å². The average Bonchev–Trinajstić information content (AvgIpc) is 2.39. The number of hydrogen-bond acceptors (Lipinski definition) is 4. The normalized spacial score (nSPS) is 7.06. The van der Waals surface area contributed by atoms with Crippen LogP contribution in [0.15, 0.2) is 0 Å². The van der Waals surface area contributed by atoms with Crippen molar-refractivity contribution in [3.8, 4) is 0 Å². The van der Waals surface area contributed by atoms with Crippen LogP contribution in [0.5, 0.6) is 0 Å². The molecule has 108 valence electrons. The Labute approximate surface area is 138 Å². The first-order chi connectivity index (χ1) is 7.66. The third kappa shape index (κ3) is 134. The summed E-state index contributed by atoms with van der Waals surface area (Å²) in [5.74, 6) is 1.39. The van der Waals surface area contributed by atoms with Crippen LogP contribution in [0.25, 0.3) is 0 Å². The molecule has 4 N–H and O–H groups in total. The third-order valence-corrected chi connectivity index (χ3v) is 1.01. The van der Waals surface area contributed by atoms with Gasteiger partial charge in [-0.3, -0.25) is 0 Å². The van der Waals surface area contributed by atoms with Gasteiger partial charge >= 0.3 is 0 Å². The quantitative estimate of drug-likeness (QED) is 0.438. The van der Waals surface area contributed by atoms with Crippen molar-refractivity contribution in [1.82, 2.24) is 0 Å². The molecule has 0 aromatic carbocycles. The van der Waals surface area contributed by atoms with E-state index in [2.05, 4.69) is 0 Å². The second-order valence-corrected chi connectivity index (χ2v) is 3.16. The minimum atomic E-state index is 0. The molecule has 0 fully saturated rings. The van der Waals surface area contributed by atoms with Gasteiger partial charge in [0.25, 0.3) is 0 Å². The molecule has 0 bridgehead atoms. The zero-order chi connectivity index (χ0) is 13.7. The molecule has 17 heavy (non-hydrogen) atoms. The summed E-state index contributed by atoms with van der Waals surface area (Å²) < 4.78 is 0. The van der Waals surface area contributed by atoms with Crippen molar-refractivity contribution in [1.29, 1.82) is 0 Å². The van der Waals surface area contributed by atoms with Gasteiger partial charge in [-0.1, -0.05) is 0 Å². The van der Waals surface area contributed by atoms with Crippen LogP contribution >= 0.6 is 46.4 Å². The summed E-state index contributed by atoms with van der Waals surface area (Å²) in [5.41, 5.74) is 0. The molecule has 0 atom stereocenters. The summed E-state index contributed by atoms with van der Waals surface area (Å²) in [4.78, 5) is 0. The van der Waals surface area contributed by atoms with Crippen LogP contribution in [0, 0.1) is 0 Å². The molecule has 0 radical (unpaired) electrons. The van der Waals surface area contributed by atoms with Crippen molar-refractivity contribution in [2.24, 2.45) is 0 Å². The van der Waals surface area contributed by atoms with E-state index in [1.54, 1.807) is 0 Å². The van der Waals surface area contributed by atoms with Crippen molar-refractivity contribution >= 4 is 46.4 Å². The molecule has 0 spiro atoms. The molecule has 0 aliphatic rings. The van der Waals surface area contributed by atoms with Crippen molar-refractivity contribution in [3.05, 3.63) is 0 Å². The van der Waals surface area contributed by atoms with Crippen molar-refractivity contribution in [3.63, 3.8) is 0 Å². The van der Waals surface area contributed by atoms with Gasteiger partial charge in [0.1, 0.15) is 0 Å². The van der Waals surface area contributed by atoms with Crippen LogP contribution in [0.4, 0.5) is 0 Å². The molecule has 0 unspecified atom stereocenters. The fourth-order valence-electron chi connectivity index (χ4n) is 0. The van der Waals surface area contributed by atoms with Gasteiger partial charge in [-0.2, -0.15) is 0 Å². The Kier molecular flexibility index (Phi) is 96.3. The summed E-state index contributed by atoms with van der Waals surface area (Å²) in [7, 11) is 0. The van der Waals surface area contributed by atoms with Gasteiger partial charge in [0.2, 0.25) is 0 Å². The van der Waals surface area contributed by atoms with Gasteiger partial charge in [0.05, 0.1) is 26.4 Å². The maximum Gasteiger partial charge on any atom is 0.0566 e. The van der Waals surface area contributed by atoms with E-state index in [-0.39, 0.29) is 48.1 Å². The zero-order valence-electron chi connectivity index (χ0n) is 9.46. The smallest absolute Gasteiger partial charge is 0.0566 e. The molecular weight excluding hydrogens is 350 g/mol. The fraction of sp³-hybridized carbons (Fsp3) is 1.00. The standard InChI is InChI=1S/4C2H5ClO.Ti/c4*3-1-2-4;/h4*4H,1-2H2;. The van der Waals surface area contributed by atoms with E-state index in [0.717, 1.165) is 0 Å². The number of rotatable bonds is 4. The van der Waals surface area contributed by atoms with Crippen molar-refractivity contribution < 1.29 is 42.1 Å². The fourth-order valence-corrected chi connectivity index (χ4v) is 0. The molecule has 0 aliphatic carbocycles. The molecule has 0 heterocycles. The first-order valence-electron chi connectivity index (χ1n) is 4.33. The molecule has 0 saturated heterocycles. The van der Waals surface area contributed by atoms with Gasteiger partial charge in [-0.05, 0) is 0 Å². The van der Waals surface area contributed by atoms with Crippen LogP contribution in [0.1, 0.15) is 0 Å². The minimum Gasteiger partial charge on any atom is -0.395 e. The van der Waals surface area contributed by atoms with Gasteiger partial charge in [0.15, 0.2) is 0 Å². The average molecular weight is 370 g/mol. The van der Waals surface area contributed by atoms with E-state index in [1.807, 2.05) is 0 Å². The van der Waals surface area contributed by atoms with E-state index in [0.29, 0.717) is 23.5 Å². The second-order valence-electron chi connectivity index (χ2n) is 1.65. The SMILES string of the molecule is OCCCl.OCCCl.OCCCl.OCCCl.[Ti]. The minimum absolute atomic E-state index is 0. The Balaban J connectivity index is -0.0000000369. The Morgan fingerprint density at radius 3 is 0.529 bits per heavy atom. The molecule has 9 heteroatoms. The Morgan fingerprint density at radius 2 is 0.529 bits per heavy atom. The van der Waals surface area contributed by atoms with Crippen molar-refractivity contribution in [2.75, 3.05) is 49.9 Å². The number of halogens is 4. The zero-order valence-corrected chi connectivity index (χ0v) is 14.0. The number of aliphatic hydroxyl groups is 4. The largest absolute Gasteiger partial charge is 0.395 e. The first kappa shape index (κ1) is 31.2. The van der Waals surface area contributed by atoms with Gasteiger partial charge in [0, 0.05) is 45.2 Å². The van der Waals surface area contributed by atoms with Crippen LogP contribution < -0.4 is 0 Å². The van der Waals surface area contributed by atoms with Crippen LogP contribution in [0.3, 0.4) is 0 Å². The first-order valence-corrected chi connectivity index (χ1v) is 6.47. The van der Waals surface area contributed by atoms with Crippen LogP contribution in [0.2, 0.25) is 0 Å². The maximum atomic E-state index is 7.74. The number of hydrogen-bond donors (Lipinski definition) is 4. The third-order valence-electron chi connectivity index (χ3n) is 0.338. The molecule has 0 aliphatic heterocycles. The monoisotopic (exact) mass is 368 g/mol. The molecule has 0 saturated carbocycles. The van der Waals surface area contributed by atoms with Crippen LogP contribution in [-0.2, 0) is 21.7 Å². The second kappa shape index (κ2) is 52.4. The molecule has 0 amide bonds. The van der Waals surface area contributed by atoms with Crippen molar-refractivity contribution in [2.45, 2.75) is 0 Å². The Morgan fingerprint density at radius 1 is 0.471 bits per heavy atom. The predicted molar refractivity (Wildman–Crippen MR) is 71.2 cm³/mol. The summed E-state index contributed by atoms with van der Waals surface area (Å²) >= 11 is 19.7. The molecule has 0 rings (SSSR count). The molecule has 0 aromatic rings. The Bertz CT molecular complexity index is 53.5. The topological polar surface area (TPSA) is 80.9 Å². The van der Waals surface area contributed by atoms with Gasteiger partial charge in [-0.25, -0.2) is 0 Å². The summed E-state index contributed by atoms with van der Waals surface area (Å²) in [6.45, 7) is 0.340. The van der Waals surface area contributed by atoms with E-state index in [1.165, 1.54) is 0 Å². The predicted octanol–water partition coefficient (Wildman–Crippen LogP) is 0.867. The number of alkyl halides is 4. The van der Waals surface area contributed by atoms with E-state index in [4.69, 9.17) is 66.8 Å². The molecular formula is C8H20Cl4O4Ti. The van der Waals surface area contributed by atoms with Crippen LogP contribution in [-0.4, -0.2) is 70.4 Å². The molecule has 0 aromatic heterocycles. The van der Waals surface area contributed by atoms with E-state index in [9.17, 15) is 0 Å². The van der Waals surface area contributed by atoms with Gasteiger partial charge < -0.3 is 20.4 Å². The Hall–Kier alpha value is 1.71. The number of aliphatic hydroxyl groups excluding tert-OH is 4. The summed E-state index contributed by atoms with van der Waals surface area (Å²) in [6, 6.07) is 0. The maximum absolute atomic E-state index is 7.74. The molecule has 4 nitrogen and oxygen atoms in total. The van der Waals surface area contributed by atoms with E-state index < -0.39 is 0 Å².